The summed E-state index contributed by atoms with van der Waals surface area (Å²) < 4.78 is 10.4. The van der Waals surface area contributed by atoms with Crippen molar-refractivity contribution < 1.29 is 14.3 Å². The molecule has 29 heavy (non-hydrogen) atoms. The lowest BCUT2D eigenvalue weighted by atomic mass is 10.1. The lowest BCUT2D eigenvalue weighted by molar-refractivity contribution is -0.117. The standard InChI is InChI=1S/C22H20ClN3O3/c1-28-20-11-14(10-18(23)21(20)29-2)9-16(12-24)22(27)25-8-7-15-13-26-19-6-4-3-5-17(15)19/h3-6,9-11,13,26H,7-8H2,1-2H3,(H,25,27)/b16-9-. The smallest absolute Gasteiger partial charge is 0.261 e. The van der Waals surface area contributed by atoms with Crippen LogP contribution in [0.15, 0.2) is 48.2 Å². The van der Waals surface area contributed by atoms with Crippen LogP contribution in [0, 0.1) is 11.3 Å². The number of rotatable bonds is 7. The molecule has 2 N–H and O–H groups in total. The van der Waals surface area contributed by atoms with Crippen LogP contribution >= 0.6 is 11.6 Å². The van der Waals surface area contributed by atoms with E-state index in [0.717, 1.165) is 16.5 Å². The molecule has 3 rings (SSSR count). The summed E-state index contributed by atoms with van der Waals surface area (Å²) in [4.78, 5) is 15.6. The fourth-order valence-electron chi connectivity index (χ4n) is 3.08. The SMILES string of the molecule is COc1cc(/C=C(/C#N)C(=O)NCCc2c[nH]c3ccccc23)cc(Cl)c1OC. The van der Waals surface area contributed by atoms with Crippen molar-refractivity contribution in [3.63, 3.8) is 0 Å². The Hall–Kier alpha value is -3.43. The molecule has 0 saturated carbocycles. The highest BCUT2D eigenvalue weighted by Crippen LogP contribution is 2.36. The average Bonchev–Trinajstić information content (AvgIpc) is 3.14. The Labute approximate surface area is 173 Å². The zero-order valence-electron chi connectivity index (χ0n) is 16.1. The number of methoxy groups -OCH3 is 2. The highest BCUT2D eigenvalue weighted by Gasteiger charge is 2.13. The first-order chi connectivity index (χ1) is 14.1. The normalized spacial score (nSPS) is 11.2. The lowest BCUT2D eigenvalue weighted by Gasteiger charge is -2.10. The molecule has 6 nitrogen and oxygen atoms in total. The lowest BCUT2D eigenvalue weighted by Crippen LogP contribution is -2.26. The second kappa shape index (κ2) is 9.18. The fraction of sp³-hybridized carbons (Fsp3) is 0.182. The largest absolute Gasteiger partial charge is 0.493 e. The predicted molar refractivity (Wildman–Crippen MR) is 113 cm³/mol. The molecule has 0 radical (unpaired) electrons. The number of nitriles is 1. The molecule has 2 aromatic carbocycles. The van der Waals surface area contributed by atoms with E-state index in [9.17, 15) is 10.1 Å². The first-order valence-corrected chi connectivity index (χ1v) is 9.31. The zero-order chi connectivity index (χ0) is 20.8. The average molecular weight is 410 g/mol. The molecular weight excluding hydrogens is 390 g/mol. The first kappa shape index (κ1) is 20.3. The van der Waals surface area contributed by atoms with Crippen LogP contribution in [0.4, 0.5) is 0 Å². The molecule has 0 aliphatic carbocycles. The van der Waals surface area contributed by atoms with Gasteiger partial charge in [-0.15, -0.1) is 0 Å². The van der Waals surface area contributed by atoms with Crippen molar-refractivity contribution in [2.45, 2.75) is 6.42 Å². The molecular formula is C22H20ClN3O3. The zero-order valence-corrected chi connectivity index (χ0v) is 16.8. The molecule has 0 aliphatic rings. The van der Waals surface area contributed by atoms with E-state index < -0.39 is 5.91 Å². The second-order valence-electron chi connectivity index (χ2n) is 6.27. The third-order valence-corrected chi connectivity index (χ3v) is 4.77. The molecule has 7 heteroatoms. The van der Waals surface area contributed by atoms with Gasteiger partial charge < -0.3 is 19.8 Å². The van der Waals surface area contributed by atoms with E-state index in [2.05, 4.69) is 10.3 Å². The van der Waals surface area contributed by atoms with Crippen molar-refractivity contribution in [1.29, 1.82) is 5.26 Å². The van der Waals surface area contributed by atoms with E-state index in [1.165, 1.54) is 20.3 Å². The van der Waals surface area contributed by atoms with Gasteiger partial charge in [0.15, 0.2) is 11.5 Å². The van der Waals surface area contributed by atoms with Gasteiger partial charge in [0.25, 0.3) is 5.91 Å². The number of H-pyrrole nitrogens is 1. The minimum absolute atomic E-state index is 0.0211. The summed E-state index contributed by atoms with van der Waals surface area (Å²) in [6, 6.07) is 13.2. The predicted octanol–water partition coefficient (Wildman–Crippen LogP) is 4.10. The van der Waals surface area contributed by atoms with Gasteiger partial charge in [-0.3, -0.25) is 4.79 Å². The van der Waals surface area contributed by atoms with Crippen molar-refractivity contribution in [1.82, 2.24) is 10.3 Å². The number of hydrogen-bond donors (Lipinski definition) is 2. The number of nitrogens with one attached hydrogen (secondary N) is 2. The molecule has 1 heterocycles. The Kier molecular flexibility index (Phi) is 6.43. The summed E-state index contributed by atoms with van der Waals surface area (Å²) in [5.74, 6) is 0.370. The minimum Gasteiger partial charge on any atom is -0.493 e. The molecule has 0 bridgehead atoms. The molecule has 0 aliphatic heterocycles. The number of carbonyl (C=O) groups excluding carboxylic acids is 1. The number of ether oxygens (including phenoxy) is 2. The highest BCUT2D eigenvalue weighted by molar-refractivity contribution is 6.32. The van der Waals surface area contributed by atoms with E-state index in [-0.39, 0.29) is 5.57 Å². The number of fused-ring (bicyclic) bond motifs is 1. The number of amides is 1. The summed E-state index contributed by atoms with van der Waals surface area (Å²) in [6.07, 6.45) is 4.05. The van der Waals surface area contributed by atoms with Gasteiger partial charge in [0.2, 0.25) is 0 Å². The monoisotopic (exact) mass is 409 g/mol. The first-order valence-electron chi connectivity index (χ1n) is 8.94. The second-order valence-corrected chi connectivity index (χ2v) is 6.68. The van der Waals surface area contributed by atoms with Gasteiger partial charge >= 0.3 is 0 Å². The number of benzene rings is 2. The molecule has 1 aromatic heterocycles. The summed E-state index contributed by atoms with van der Waals surface area (Å²) in [5.41, 5.74) is 2.70. The minimum atomic E-state index is -0.446. The fourth-order valence-corrected chi connectivity index (χ4v) is 3.38. The van der Waals surface area contributed by atoms with Gasteiger partial charge in [-0.25, -0.2) is 0 Å². The van der Waals surface area contributed by atoms with Crippen LogP contribution in [0.5, 0.6) is 11.5 Å². The summed E-state index contributed by atoms with van der Waals surface area (Å²) in [6.45, 7) is 0.409. The molecule has 0 spiro atoms. The number of aromatic amines is 1. The Balaban J connectivity index is 1.70. The number of carbonyl (C=O) groups is 1. The number of halogens is 1. The van der Waals surface area contributed by atoms with Crippen molar-refractivity contribution in [3.8, 4) is 17.6 Å². The van der Waals surface area contributed by atoms with Crippen molar-refractivity contribution >= 4 is 34.5 Å². The highest BCUT2D eigenvalue weighted by atomic mass is 35.5. The van der Waals surface area contributed by atoms with Crippen LogP contribution in [0.3, 0.4) is 0 Å². The van der Waals surface area contributed by atoms with Crippen LogP contribution in [-0.2, 0) is 11.2 Å². The molecule has 0 fully saturated rings. The van der Waals surface area contributed by atoms with Gasteiger partial charge in [0, 0.05) is 23.6 Å². The molecule has 1 amide bonds. The van der Waals surface area contributed by atoms with Crippen LogP contribution in [-0.4, -0.2) is 31.7 Å². The number of nitrogens with zero attached hydrogens (tertiary/aromatic N) is 1. The summed E-state index contributed by atoms with van der Waals surface area (Å²) >= 11 is 6.19. The van der Waals surface area contributed by atoms with Gasteiger partial charge in [-0.1, -0.05) is 29.8 Å². The maximum atomic E-state index is 12.4. The molecule has 0 atom stereocenters. The summed E-state index contributed by atoms with van der Waals surface area (Å²) in [5, 5.41) is 13.6. The Morgan fingerprint density at radius 2 is 2.07 bits per heavy atom. The van der Waals surface area contributed by atoms with Crippen molar-refractivity contribution in [3.05, 3.63) is 64.3 Å². The van der Waals surface area contributed by atoms with Crippen LogP contribution in [0.2, 0.25) is 5.02 Å². The van der Waals surface area contributed by atoms with Crippen LogP contribution in [0.1, 0.15) is 11.1 Å². The Morgan fingerprint density at radius 1 is 1.28 bits per heavy atom. The number of para-hydroxylation sites is 1. The van der Waals surface area contributed by atoms with Crippen LogP contribution < -0.4 is 14.8 Å². The van der Waals surface area contributed by atoms with Gasteiger partial charge in [0.05, 0.1) is 19.2 Å². The third kappa shape index (κ3) is 4.53. The maximum Gasteiger partial charge on any atom is 0.261 e. The van der Waals surface area contributed by atoms with E-state index in [1.807, 2.05) is 36.5 Å². The van der Waals surface area contributed by atoms with Crippen LogP contribution in [0.25, 0.3) is 17.0 Å². The van der Waals surface area contributed by atoms with E-state index >= 15 is 0 Å². The molecule has 0 unspecified atom stereocenters. The Bertz CT molecular complexity index is 1110. The van der Waals surface area contributed by atoms with Gasteiger partial charge in [-0.2, -0.15) is 5.26 Å². The molecule has 3 aromatic rings. The van der Waals surface area contributed by atoms with Crippen molar-refractivity contribution in [2.24, 2.45) is 0 Å². The molecule has 0 saturated heterocycles. The van der Waals surface area contributed by atoms with E-state index in [0.29, 0.717) is 35.1 Å². The van der Waals surface area contributed by atoms with E-state index in [4.69, 9.17) is 21.1 Å². The van der Waals surface area contributed by atoms with Gasteiger partial charge in [-0.05, 0) is 41.8 Å². The molecule has 148 valence electrons. The summed E-state index contributed by atoms with van der Waals surface area (Å²) in [7, 11) is 2.98. The number of aromatic nitrogens is 1. The quantitative estimate of drug-likeness (QED) is 0.454. The number of hydrogen-bond acceptors (Lipinski definition) is 4. The Morgan fingerprint density at radius 3 is 2.79 bits per heavy atom. The van der Waals surface area contributed by atoms with E-state index in [1.54, 1.807) is 12.1 Å². The van der Waals surface area contributed by atoms with Crippen molar-refractivity contribution in [2.75, 3.05) is 20.8 Å². The third-order valence-electron chi connectivity index (χ3n) is 4.49. The maximum absolute atomic E-state index is 12.4. The topological polar surface area (TPSA) is 87.1 Å². The van der Waals surface area contributed by atoms with Gasteiger partial charge in [0.1, 0.15) is 11.6 Å².